The summed E-state index contributed by atoms with van der Waals surface area (Å²) in [6.45, 7) is 2.67. The number of likely N-dealkylation sites (tertiary alicyclic amines) is 1. The van der Waals surface area contributed by atoms with Crippen molar-refractivity contribution in [3.63, 3.8) is 0 Å². The fourth-order valence-electron chi connectivity index (χ4n) is 2.76. The van der Waals surface area contributed by atoms with Gasteiger partial charge in [-0.3, -0.25) is 19.8 Å². The van der Waals surface area contributed by atoms with Gasteiger partial charge in [0.1, 0.15) is 5.82 Å². The predicted octanol–water partition coefficient (Wildman–Crippen LogP) is 2.42. The molecule has 1 aromatic rings. The number of carboxylic acid groups (broad SMARTS) is 1. The second kappa shape index (κ2) is 6.17. The molecule has 114 valence electrons. The highest BCUT2D eigenvalue weighted by molar-refractivity contribution is 5.70. The fourth-order valence-corrected chi connectivity index (χ4v) is 2.76. The number of benzene rings is 1. The maximum atomic E-state index is 13.3. The van der Waals surface area contributed by atoms with Gasteiger partial charge in [0, 0.05) is 24.2 Å². The minimum atomic E-state index is -0.807. The number of nitro groups is 1. The van der Waals surface area contributed by atoms with E-state index < -0.39 is 16.7 Å². The number of piperidine rings is 1. The van der Waals surface area contributed by atoms with Gasteiger partial charge in [0.15, 0.2) is 0 Å². The molecular formula is C14H17FN2O4. The van der Waals surface area contributed by atoms with Crippen LogP contribution in [0.1, 0.15) is 25.3 Å². The van der Waals surface area contributed by atoms with E-state index in [2.05, 4.69) is 0 Å². The molecule has 1 aromatic carbocycles. The van der Waals surface area contributed by atoms with Crippen molar-refractivity contribution in [2.75, 3.05) is 6.54 Å². The van der Waals surface area contributed by atoms with Crippen LogP contribution in [0.15, 0.2) is 18.2 Å². The first kappa shape index (κ1) is 15.4. The zero-order valence-electron chi connectivity index (χ0n) is 11.7. The van der Waals surface area contributed by atoms with Crippen LogP contribution in [0.25, 0.3) is 0 Å². The van der Waals surface area contributed by atoms with Gasteiger partial charge >= 0.3 is 5.97 Å². The molecule has 2 atom stereocenters. The Morgan fingerprint density at radius 2 is 2.29 bits per heavy atom. The van der Waals surface area contributed by atoms with Crippen molar-refractivity contribution in [1.82, 2.24) is 4.90 Å². The lowest BCUT2D eigenvalue weighted by molar-refractivity contribution is -0.385. The molecule has 0 aliphatic carbocycles. The summed E-state index contributed by atoms with van der Waals surface area (Å²) >= 11 is 0. The summed E-state index contributed by atoms with van der Waals surface area (Å²) in [7, 11) is 0. The van der Waals surface area contributed by atoms with E-state index in [0.29, 0.717) is 24.9 Å². The van der Waals surface area contributed by atoms with Crippen LogP contribution in [0.2, 0.25) is 0 Å². The smallest absolute Gasteiger partial charge is 0.306 e. The van der Waals surface area contributed by atoms with Crippen LogP contribution in [0.4, 0.5) is 10.1 Å². The number of rotatable bonds is 4. The van der Waals surface area contributed by atoms with Gasteiger partial charge in [-0.25, -0.2) is 4.39 Å². The highest BCUT2D eigenvalue weighted by atomic mass is 19.1. The van der Waals surface area contributed by atoms with Crippen LogP contribution in [0.3, 0.4) is 0 Å². The standard InChI is InChI=1S/C14H17FN2O4/c1-9-6-10(14(18)19)4-5-16(9)8-11-7-12(15)2-3-13(11)17(20)21/h2-3,7,9-10H,4-6,8H2,1H3,(H,18,19). The molecule has 0 radical (unpaired) electrons. The van der Waals surface area contributed by atoms with Gasteiger partial charge in [0.25, 0.3) is 5.69 Å². The summed E-state index contributed by atoms with van der Waals surface area (Å²) in [5, 5.41) is 20.0. The molecule has 0 bridgehead atoms. The lowest BCUT2D eigenvalue weighted by Gasteiger charge is -2.36. The minimum Gasteiger partial charge on any atom is -0.481 e. The summed E-state index contributed by atoms with van der Waals surface area (Å²) in [5.41, 5.74) is 0.213. The van der Waals surface area contributed by atoms with Gasteiger partial charge in [0.2, 0.25) is 0 Å². The Morgan fingerprint density at radius 1 is 1.57 bits per heavy atom. The van der Waals surface area contributed by atoms with Gasteiger partial charge in [0.05, 0.1) is 10.8 Å². The molecule has 0 saturated carbocycles. The van der Waals surface area contributed by atoms with E-state index in [0.717, 1.165) is 6.07 Å². The average molecular weight is 296 g/mol. The van der Waals surface area contributed by atoms with Crippen molar-refractivity contribution in [3.8, 4) is 0 Å². The summed E-state index contributed by atoms with van der Waals surface area (Å²) < 4.78 is 13.3. The summed E-state index contributed by atoms with van der Waals surface area (Å²) in [6.07, 6.45) is 1.00. The molecule has 1 saturated heterocycles. The molecule has 1 heterocycles. The summed E-state index contributed by atoms with van der Waals surface area (Å²) in [6, 6.07) is 3.40. The molecule has 1 N–H and O–H groups in total. The second-order valence-corrected chi connectivity index (χ2v) is 5.41. The van der Waals surface area contributed by atoms with Crippen molar-refractivity contribution in [3.05, 3.63) is 39.7 Å². The highest BCUT2D eigenvalue weighted by Gasteiger charge is 2.30. The van der Waals surface area contributed by atoms with E-state index in [-0.39, 0.29) is 24.2 Å². The van der Waals surface area contributed by atoms with Crippen LogP contribution in [-0.2, 0) is 11.3 Å². The van der Waals surface area contributed by atoms with E-state index in [1.54, 1.807) is 0 Å². The molecule has 1 aliphatic rings. The number of nitrogens with zero attached hydrogens (tertiary/aromatic N) is 2. The Labute approximate surface area is 121 Å². The van der Waals surface area contributed by atoms with Gasteiger partial charge in [-0.05, 0) is 38.4 Å². The third-order valence-corrected chi connectivity index (χ3v) is 3.97. The normalized spacial score (nSPS) is 23.0. The molecule has 2 unspecified atom stereocenters. The van der Waals surface area contributed by atoms with E-state index >= 15 is 0 Å². The summed E-state index contributed by atoms with van der Waals surface area (Å²) in [4.78, 5) is 23.4. The first-order valence-electron chi connectivity index (χ1n) is 6.78. The number of halogens is 1. The maximum absolute atomic E-state index is 13.3. The molecule has 2 rings (SSSR count). The molecule has 7 heteroatoms. The lowest BCUT2D eigenvalue weighted by Crippen LogP contribution is -2.42. The first-order valence-corrected chi connectivity index (χ1v) is 6.78. The Bertz CT molecular complexity index is 564. The zero-order chi connectivity index (χ0) is 15.6. The Kier molecular flexibility index (Phi) is 4.52. The predicted molar refractivity (Wildman–Crippen MR) is 73.3 cm³/mol. The number of nitro benzene ring substituents is 1. The van der Waals surface area contributed by atoms with Crippen LogP contribution in [0.5, 0.6) is 0 Å². The topological polar surface area (TPSA) is 83.7 Å². The van der Waals surface area contributed by atoms with E-state index in [1.807, 2.05) is 11.8 Å². The quantitative estimate of drug-likeness (QED) is 0.681. The van der Waals surface area contributed by atoms with Crippen molar-refractivity contribution in [1.29, 1.82) is 0 Å². The molecule has 1 aliphatic heterocycles. The largest absolute Gasteiger partial charge is 0.481 e. The van der Waals surface area contributed by atoms with E-state index in [1.165, 1.54) is 12.1 Å². The Hall–Kier alpha value is -2.02. The SMILES string of the molecule is CC1CC(C(=O)O)CCN1Cc1cc(F)ccc1[N+](=O)[O-]. The minimum absolute atomic E-state index is 0.0114. The molecule has 21 heavy (non-hydrogen) atoms. The fraction of sp³-hybridized carbons (Fsp3) is 0.500. The number of carboxylic acids is 1. The van der Waals surface area contributed by atoms with Crippen LogP contribution in [0, 0.1) is 21.8 Å². The van der Waals surface area contributed by atoms with Crippen molar-refractivity contribution >= 4 is 11.7 Å². The summed E-state index contributed by atoms with van der Waals surface area (Å²) in [5.74, 6) is -1.69. The Morgan fingerprint density at radius 3 is 2.86 bits per heavy atom. The molecule has 0 spiro atoms. The molecular weight excluding hydrogens is 279 g/mol. The average Bonchev–Trinajstić information content (AvgIpc) is 2.40. The van der Waals surface area contributed by atoms with Crippen molar-refractivity contribution in [2.45, 2.75) is 32.4 Å². The monoisotopic (exact) mass is 296 g/mol. The number of carbonyl (C=O) groups is 1. The van der Waals surface area contributed by atoms with Crippen LogP contribution in [-0.4, -0.2) is 33.5 Å². The van der Waals surface area contributed by atoms with Crippen molar-refractivity contribution in [2.24, 2.45) is 5.92 Å². The van der Waals surface area contributed by atoms with Gasteiger partial charge in [-0.1, -0.05) is 0 Å². The lowest BCUT2D eigenvalue weighted by atomic mass is 9.91. The molecule has 0 aromatic heterocycles. The van der Waals surface area contributed by atoms with E-state index in [4.69, 9.17) is 5.11 Å². The highest BCUT2D eigenvalue weighted by Crippen LogP contribution is 2.27. The van der Waals surface area contributed by atoms with Gasteiger partial charge in [-0.2, -0.15) is 0 Å². The van der Waals surface area contributed by atoms with Crippen LogP contribution >= 0.6 is 0 Å². The second-order valence-electron chi connectivity index (χ2n) is 5.41. The van der Waals surface area contributed by atoms with E-state index in [9.17, 15) is 19.3 Å². The first-order chi connectivity index (χ1) is 9.88. The maximum Gasteiger partial charge on any atom is 0.306 e. The number of aliphatic carboxylic acids is 1. The number of hydrogen-bond acceptors (Lipinski definition) is 4. The van der Waals surface area contributed by atoms with Crippen molar-refractivity contribution < 1.29 is 19.2 Å². The van der Waals surface area contributed by atoms with Gasteiger partial charge < -0.3 is 5.11 Å². The van der Waals surface area contributed by atoms with Crippen LogP contribution < -0.4 is 0 Å². The Balaban J connectivity index is 2.14. The van der Waals surface area contributed by atoms with Gasteiger partial charge in [-0.15, -0.1) is 0 Å². The third kappa shape index (κ3) is 3.55. The molecule has 6 nitrogen and oxygen atoms in total. The molecule has 1 fully saturated rings. The third-order valence-electron chi connectivity index (χ3n) is 3.97. The zero-order valence-corrected chi connectivity index (χ0v) is 11.7. The number of hydrogen-bond donors (Lipinski definition) is 1. The molecule has 0 amide bonds.